The van der Waals surface area contributed by atoms with Crippen molar-refractivity contribution in [2.45, 2.75) is 6.92 Å². The number of rotatable bonds is 5. The lowest BCUT2D eigenvalue weighted by atomic mass is 10.2. The highest BCUT2D eigenvalue weighted by Crippen LogP contribution is 2.15. The van der Waals surface area contributed by atoms with Crippen LogP contribution in [-0.2, 0) is 4.79 Å². The van der Waals surface area contributed by atoms with Crippen LogP contribution in [0.5, 0.6) is 0 Å². The van der Waals surface area contributed by atoms with Crippen LogP contribution in [0.2, 0.25) is 0 Å². The van der Waals surface area contributed by atoms with E-state index in [9.17, 15) is 9.59 Å². The lowest BCUT2D eigenvalue weighted by Gasteiger charge is -2.03. The number of nitrogens with zero attached hydrogens (tertiary/aromatic N) is 2. The van der Waals surface area contributed by atoms with Gasteiger partial charge in [-0.3, -0.25) is 19.7 Å². The van der Waals surface area contributed by atoms with Crippen molar-refractivity contribution >= 4 is 11.8 Å². The van der Waals surface area contributed by atoms with Crippen LogP contribution in [0.25, 0.3) is 11.3 Å². The molecule has 2 heterocycles. The van der Waals surface area contributed by atoms with Crippen molar-refractivity contribution in [1.82, 2.24) is 25.8 Å². The van der Waals surface area contributed by atoms with Gasteiger partial charge in [-0.2, -0.15) is 5.10 Å². The Labute approximate surface area is 115 Å². The van der Waals surface area contributed by atoms with Crippen LogP contribution >= 0.6 is 0 Å². The third-order valence-corrected chi connectivity index (χ3v) is 2.56. The van der Waals surface area contributed by atoms with E-state index in [2.05, 4.69) is 25.8 Å². The van der Waals surface area contributed by atoms with Gasteiger partial charge in [-0.15, -0.1) is 0 Å². The Morgan fingerprint density at radius 3 is 2.80 bits per heavy atom. The highest BCUT2D eigenvalue weighted by Gasteiger charge is 2.10. The van der Waals surface area contributed by atoms with Crippen LogP contribution in [-0.4, -0.2) is 40.1 Å². The summed E-state index contributed by atoms with van der Waals surface area (Å²) in [6, 6.07) is 5.32. The van der Waals surface area contributed by atoms with Crippen LogP contribution in [0.4, 0.5) is 0 Å². The number of pyridine rings is 1. The van der Waals surface area contributed by atoms with Crippen molar-refractivity contribution in [1.29, 1.82) is 0 Å². The van der Waals surface area contributed by atoms with Gasteiger partial charge in [0.25, 0.3) is 5.91 Å². The first-order chi connectivity index (χ1) is 9.66. The van der Waals surface area contributed by atoms with Gasteiger partial charge in [-0.05, 0) is 18.2 Å². The fourth-order valence-corrected chi connectivity index (χ4v) is 1.61. The molecule has 0 aliphatic rings. The zero-order valence-electron chi connectivity index (χ0n) is 11.0. The number of carbonyl (C=O) groups is 2. The second-order valence-corrected chi connectivity index (χ2v) is 4.15. The summed E-state index contributed by atoms with van der Waals surface area (Å²) in [7, 11) is 0. The molecule has 0 fully saturated rings. The standard InChI is InChI=1S/C13H15N5O2/c1-9(19)15-5-6-16-13(20)12-7-11(17-18-12)10-3-2-4-14-8-10/h2-4,7-8H,5-6H2,1H3,(H,15,19)(H,16,20)(H,17,18). The molecule has 0 unspecified atom stereocenters. The van der Waals surface area contributed by atoms with Gasteiger partial charge < -0.3 is 10.6 Å². The number of amides is 2. The van der Waals surface area contributed by atoms with Gasteiger partial charge in [0, 0.05) is 38.0 Å². The number of carbonyl (C=O) groups excluding carboxylic acids is 2. The molecule has 0 aliphatic carbocycles. The maximum Gasteiger partial charge on any atom is 0.269 e. The summed E-state index contributed by atoms with van der Waals surface area (Å²) >= 11 is 0. The van der Waals surface area contributed by atoms with E-state index in [1.54, 1.807) is 24.5 Å². The van der Waals surface area contributed by atoms with Crippen LogP contribution in [0, 0.1) is 0 Å². The smallest absolute Gasteiger partial charge is 0.269 e. The van der Waals surface area contributed by atoms with Crippen molar-refractivity contribution < 1.29 is 9.59 Å². The molecule has 0 aliphatic heterocycles. The maximum atomic E-state index is 11.8. The molecule has 2 amide bonds. The fourth-order valence-electron chi connectivity index (χ4n) is 1.61. The molecule has 2 aromatic rings. The van der Waals surface area contributed by atoms with E-state index in [4.69, 9.17) is 0 Å². The van der Waals surface area contributed by atoms with Crippen LogP contribution in [0.15, 0.2) is 30.6 Å². The summed E-state index contributed by atoms with van der Waals surface area (Å²) in [5.41, 5.74) is 1.86. The summed E-state index contributed by atoms with van der Waals surface area (Å²) in [4.78, 5) is 26.5. The molecule has 7 heteroatoms. The molecule has 3 N–H and O–H groups in total. The Kier molecular flexibility index (Phi) is 4.43. The quantitative estimate of drug-likeness (QED) is 0.684. The number of hydrogen-bond donors (Lipinski definition) is 3. The number of aromatic amines is 1. The lowest BCUT2D eigenvalue weighted by molar-refractivity contribution is -0.118. The summed E-state index contributed by atoms with van der Waals surface area (Å²) < 4.78 is 0. The van der Waals surface area contributed by atoms with Gasteiger partial charge in [0.1, 0.15) is 5.69 Å². The first-order valence-electron chi connectivity index (χ1n) is 6.15. The van der Waals surface area contributed by atoms with Gasteiger partial charge >= 0.3 is 0 Å². The first-order valence-corrected chi connectivity index (χ1v) is 6.15. The van der Waals surface area contributed by atoms with E-state index >= 15 is 0 Å². The Morgan fingerprint density at radius 1 is 1.30 bits per heavy atom. The summed E-state index contributed by atoms with van der Waals surface area (Å²) in [5.74, 6) is -0.391. The lowest BCUT2D eigenvalue weighted by Crippen LogP contribution is -2.33. The molecule has 2 aromatic heterocycles. The van der Waals surface area contributed by atoms with Crippen molar-refractivity contribution in [2.24, 2.45) is 0 Å². The molecule has 0 atom stereocenters. The fraction of sp³-hybridized carbons (Fsp3) is 0.231. The highest BCUT2D eigenvalue weighted by molar-refractivity contribution is 5.93. The average molecular weight is 273 g/mol. The number of nitrogens with one attached hydrogen (secondary N) is 3. The van der Waals surface area contributed by atoms with Crippen LogP contribution in [0.1, 0.15) is 17.4 Å². The second-order valence-electron chi connectivity index (χ2n) is 4.15. The summed E-state index contributed by atoms with van der Waals surface area (Å²) in [6.07, 6.45) is 3.35. The third-order valence-electron chi connectivity index (χ3n) is 2.56. The zero-order valence-corrected chi connectivity index (χ0v) is 11.0. The van der Waals surface area contributed by atoms with Crippen LogP contribution in [0.3, 0.4) is 0 Å². The van der Waals surface area contributed by atoms with Gasteiger partial charge in [-0.1, -0.05) is 0 Å². The van der Waals surface area contributed by atoms with Crippen molar-refractivity contribution in [3.8, 4) is 11.3 Å². The third kappa shape index (κ3) is 3.64. The minimum Gasteiger partial charge on any atom is -0.355 e. The number of hydrogen-bond acceptors (Lipinski definition) is 4. The molecule has 0 bridgehead atoms. The minimum atomic E-state index is -0.266. The molecule has 104 valence electrons. The van der Waals surface area contributed by atoms with E-state index in [1.165, 1.54) is 6.92 Å². The van der Waals surface area contributed by atoms with Gasteiger partial charge in [0.05, 0.1) is 5.69 Å². The molecule has 0 aromatic carbocycles. The molecule has 0 saturated carbocycles. The number of aromatic nitrogens is 3. The van der Waals surface area contributed by atoms with Gasteiger partial charge in [-0.25, -0.2) is 0 Å². The van der Waals surface area contributed by atoms with Crippen molar-refractivity contribution in [2.75, 3.05) is 13.1 Å². The van der Waals surface area contributed by atoms with Crippen molar-refractivity contribution in [3.63, 3.8) is 0 Å². The van der Waals surface area contributed by atoms with Crippen molar-refractivity contribution in [3.05, 3.63) is 36.3 Å². The average Bonchev–Trinajstić information content (AvgIpc) is 2.94. The first kappa shape index (κ1) is 13.7. The van der Waals surface area contributed by atoms with E-state index in [1.807, 2.05) is 6.07 Å². The van der Waals surface area contributed by atoms with Crippen LogP contribution < -0.4 is 10.6 Å². The van der Waals surface area contributed by atoms with E-state index in [0.29, 0.717) is 24.5 Å². The maximum absolute atomic E-state index is 11.8. The molecule has 2 rings (SSSR count). The molecule has 20 heavy (non-hydrogen) atoms. The van der Waals surface area contributed by atoms with E-state index < -0.39 is 0 Å². The highest BCUT2D eigenvalue weighted by atomic mass is 16.2. The Hall–Kier alpha value is -2.70. The Balaban J connectivity index is 1.92. The monoisotopic (exact) mass is 273 g/mol. The second kappa shape index (κ2) is 6.46. The van der Waals surface area contributed by atoms with E-state index in [0.717, 1.165) is 5.56 Å². The molecule has 7 nitrogen and oxygen atoms in total. The molecular weight excluding hydrogens is 258 g/mol. The SMILES string of the molecule is CC(=O)NCCNC(=O)c1cc(-c2cccnc2)n[nH]1. The number of H-pyrrole nitrogens is 1. The molecule has 0 radical (unpaired) electrons. The zero-order chi connectivity index (χ0) is 14.4. The predicted molar refractivity (Wildman–Crippen MR) is 72.8 cm³/mol. The van der Waals surface area contributed by atoms with Gasteiger partial charge in [0.15, 0.2) is 0 Å². The summed E-state index contributed by atoms with van der Waals surface area (Å²) in [6.45, 7) is 2.18. The molecule has 0 spiro atoms. The predicted octanol–water partition coefficient (Wildman–Crippen LogP) is 0.338. The molecular formula is C13H15N5O2. The Bertz CT molecular complexity index is 594. The normalized spacial score (nSPS) is 10.1. The van der Waals surface area contributed by atoms with E-state index in [-0.39, 0.29) is 11.8 Å². The topological polar surface area (TPSA) is 99.8 Å². The largest absolute Gasteiger partial charge is 0.355 e. The minimum absolute atomic E-state index is 0.125. The molecule has 0 saturated heterocycles. The van der Waals surface area contributed by atoms with Gasteiger partial charge in [0.2, 0.25) is 5.91 Å². The Morgan fingerprint density at radius 2 is 2.10 bits per heavy atom. The summed E-state index contributed by atoms with van der Waals surface area (Å²) in [5, 5.41) is 12.0.